The summed E-state index contributed by atoms with van der Waals surface area (Å²) in [6.45, 7) is 6.11. The van der Waals surface area contributed by atoms with Gasteiger partial charge in [-0.2, -0.15) is 0 Å². The standard InChI is InChI=1S/C25H25N/c1-5-18-10-12-22(17(2)14-18)25-23-9-7-6-8-19(23)15-20-16-21(26(3)4)11-13-24(20)25/h5,7-14,16H,1,6,15H2,2-4H3. The van der Waals surface area contributed by atoms with E-state index >= 15 is 0 Å². The van der Waals surface area contributed by atoms with E-state index in [1.165, 1.54) is 50.2 Å². The third-order valence-electron chi connectivity index (χ3n) is 5.41. The lowest BCUT2D eigenvalue weighted by atomic mass is 9.76. The Labute approximate surface area is 156 Å². The molecule has 2 aliphatic rings. The van der Waals surface area contributed by atoms with Crippen molar-refractivity contribution < 1.29 is 0 Å². The van der Waals surface area contributed by atoms with Gasteiger partial charge in [0.25, 0.3) is 0 Å². The Morgan fingerprint density at radius 2 is 1.85 bits per heavy atom. The van der Waals surface area contributed by atoms with E-state index in [1.54, 1.807) is 0 Å². The Bertz CT molecular complexity index is 983. The SMILES string of the molecule is C=Cc1ccc(C2=C3C=CCC=C3Cc3cc(N(C)C)ccc32)c(C)c1. The zero-order chi connectivity index (χ0) is 18.3. The van der Waals surface area contributed by atoms with Gasteiger partial charge in [-0.05, 0) is 76.4 Å². The predicted molar refractivity (Wildman–Crippen MR) is 114 cm³/mol. The predicted octanol–water partition coefficient (Wildman–Crippen LogP) is 5.95. The summed E-state index contributed by atoms with van der Waals surface area (Å²) in [6.07, 6.45) is 10.9. The number of allylic oxidation sites excluding steroid dienone is 5. The van der Waals surface area contributed by atoms with Gasteiger partial charge in [-0.3, -0.25) is 0 Å². The molecule has 0 saturated carbocycles. The lowest BCUT2D eigenvalue weighted by Gasteiger charge is -2.28. The highest BCUT2D eigenvalue weighted by molar-refractivity contribution is 5.92. The van der Waals surface area contributed by atoms with Gasteiger partial charge in [0.05, 0.1) is 0 Å². The van der Waals surface area contributed by atoms with Crippen molar-refractivity contribution in [3.8, 4) is 0 Å². The van der Waals surface area contributed by atoms with Crippen molar-refractivity contribution in [2.75, 3.05) is 19.0 Å². The maximum atomic E-state index is 3.90. The lowest BCUT2D eigenvalue weighted by Crippen LogP contribution is -2.13. The molecule has 1 nitrogen and oxygen atoms in total. The summed E-state index contributed by atoms with van der Waals surface area (Å²) < 4.78 is 0. The monoisotopic (exact) mass is 339 g/mol. The Kier molecular flexibility index (Phi) is 4.16. The van der Waals surface area contributed by atoms with Gasteiger partial charge in [-0.25, -0.2) is 0 Å². The van der Waals surface area contributed by atoms with Crippen molar-refractivity contribution in [2.45, 2.75) is 19.8 Å². The van der Waals surface area contributed by atoms with E-state index in [4.69, 9.17) is 0 Å². The van der Waals surface area contributed by atoms with E-state index in [1.807, 2.05) is 6.08 Å². The van der Waals surface area contributed by atoms with Crippen LogP contribution < -0.4 is 4.90 Å². The molecule has 26 heavy (non-hydrogen) atoms. The second-order valence-corrected chi connectivity index (χ2v) is 7.35. The van der Waals surface area contributed by atoms with Crippen LogP contribution in [0.3, 0.4) is 0 Å². The molecule has 0 bridgehead atoms. The van der Waals surface area contributed by atoms with Crippen molar-refractivity contribution in [3.05, 3.63) is 100 Å². The average molecular weight is 339 g/mol. The molecule has 2 aromatic rings. The maximum absolute atomic E-state index is 3.90. The molecule has 0 spiro atoms. The second-order valence-electron chi connectivity index (χ2n) is 7.35. The summed E-state index contributed by atoms with van der Waals surface area (Å²) in [5.74, 6) is 0. The van der Waals surface area contributed by atoms with Crippen LogP contribution in [0.15, 0.2) is 72.4 Å². The number of fused-ring (bicyclic) bond motifs is 2. The van der Waals surface area contributed by atoms with E-state index in [0.717, 1.165) is 12.8 Å². The Balaban J connectivity index is 1.97. The van der Waals surface area contributed by atoms with E-state index in [9.17, 15) is 0 Å². The van der Waals surface area contributed by atoms with Gasteiger partial charge in [0, 0.05) is 19.8 Å². The number of rotatable bonds is 3. The minimum atomic E-state index is 1.02. The number of hydrogen-bond acceptors (Lipinski definition) is 1. The Hall–Kier alpha value is -2.80. The third-order valence-corrected chi connectivity index (χ3v) is 5.41. The molecule has 0 heterocycles. The molecule has 0 radical (unpaired) electrons. The van der Waals surface area contributed by atoms with E-state index in [-0.39, 0.29) is 0 Å². The summed E-state index contributed by atoms with van der Waals surface area (Å²) in [7, 11) is 4.21. The molecule has 0 unspecified atom stereocenters. The number of benzene rings is 2. The van der Waals surface area contributed by atoms with Crippen LogP contribution in [-0.4, -0.2) is 14.1 Å². The van der Waals surface area contributed by atoms with Crippen LogP contribution in [0.25, 0.3) is 11.6 Å². The Morgan fingerprint density at radius 3 is 2.58 bits per heavy atom. The largest absolute Gasteiger partial charge is 0.378 e. The molecule has 0 N–H and O–H groups in total. The van der Waals surface area contributed by atoms with Crippen molar-refractivity contribution in [1.82, 2.24) is 0 Å². The Morgan fingerprint density at radius 1 is 1.04 bits per heavy atom. The van der Waals surface area contributed by atoms with Crippen LogP contribution >= 0.6 is 0 Å². The molecule has 2 aliphatic carbocycles. The molecule has 4 rings (SSSR count). The van der Waals surface area contributed by atoms with E-state index in [2.05, 4.69) is 87.1 Å². The van der Waals surface area contributed by atoms with Gasteiger partial charge < -0.3 is 4.90 Å². The smallest absolute Gasteiger partial charge is 0.0364 e. The number of anilines is 1. The lowest BCUT2D eigenvalue weighted by molar-refractivity contribution is 1.07. The molecular weight excluding hydrogens is 314 g/mol. The molecule has 0 aliphatic heterocycles. The summed E-state index contributed by atoms with van der Waals surface area (Å²) in [5, 5.41) is 0. The summed E-state index contributed by atoms with van der Waals surface area (Å²) >= 11 is 0. The molecule has 0 atom stereocenters. The molecule has 0 fully saturated rings. The summed E-state index contributed by atoms with van der Waals surface area (Å²) in [4.78, 5) is 2.18. The van der Waals surface area contributed by atoms with Gasteiger partial charge in [0.2, 0.25) is 0 Å². The van der Waals surface area contributed by atoms with Crippen molar-refractivity contribution in [3.63, 3.8) is 0 Å². The van der Waals surface area contributed by atoms with Crippen molar-refractivity contribution in [2.24, 2.45) is 0 Å². The first-order chi connectivity index (χ1) is 12.6. The van der Waals surface area contributed by atoms with Crippen molar-refractivity contribution >= 4 is 17.3 Å². The third kappa shape index (κ3) is 2.74. The van der Waals surface area contributed by atoms with Gasteiger partial charge in [-0.15, -0.1) is 0 Å². The molecular formula is C25H25N. The second kappa shape index (κ2) is 6.49. The van der Waals surface area contributed by atoms with Crippen LogP contribution in [0.4, 0.5) is 5.69 Å². The first-order valence-corrected chi connectivity index (χ1v) is 9.23. The molecule has 0 amide bonds. The van der Waals surface area contributed by atoms with Gasteiger partial charge in [-0.1, -0.05) is 55.1 Å². The fourth-order valence-electron chi connectivity index (χ4n) is 4.01. The van der Waals surface area contributed by atoms with E-state index in [0.29, 0.717) is 0 Å². The average Bonchev–Trinajstić information content (AvgIpc) is 2.65. The highest BCUT2D eigenvalue weighted by Crippen LogP contribution is 2.42. The zero-order valence-electron chi connectivity index (χ0n) is 15.8. The van der Waals surface area contributed by atoms with Crippen LogP contribution in [-0.2, 0) is 6.42 Å². The first-order valence-electron chi connectivity index (χ1n) is 9.23. The number of hydrogen-bond donors (Lipinski definition) is 0. The van der Waals surface area contributed by atoms with Gasteiger partial charge in [0.1, 0.15) is 0 Å². The molecule has 2 aromatic carbocycles. The van der Waals surface area contributed by atoms with Gasteiger partial charge >= 0.3 is 0 Å². The maximum Gasteiger partial charge on any atom is 0.0364 e. The highest BCUT2D eigenvalue weighted by Gasteiger charge is 2.24. The highest BCUT2D eigenvalue weighted by atomic mass is 15.1. The van der Waals surface area contributed by atoms with Crippen LogP contribution in [0.2, 0.25) is 0 Å². The molecule has 1 heteroatoms. The van der Waals surface area contributed by atoms with Crippen LogP contribution in [0.1, 0.15) is 34.2 Å². The molecule has 0 saturated heterocycles. The minimum Gasteiger partial charge on any atom is -0.378 e. The first kappa shape index (κ1) is 16.7. The minimum absolute atomic E-state index is 1.02. The quantitative estimate of drug-likeness (QED) is 0.668. The van der Waals surface area contributed by atoms with Crippen molar-refractivity contribution in [1.29, 1.82) is 0 Å². The normalized spacial score (nSPS) is 15.3. The number of nitrogens with zero attached hydrogens (tertiary/aromatic N) is 1. The number of aryl methyl sites for hydroxylation is 1. The fraction of sp³-hybridized carbons (Fsp3) is 0.200. The topological polar surface area (TPSA) is 3.24 Å². The summed E-state index contributed by atoms with van der Waals surface area (Å²) in [5.41, 5.74) is 12.0. The van der Waals surface area contributed by atoms with Gasteiger partial charge in [0.15, 0.2) is 0 Å². The summed E-state index contributed by atoms with van der Waals surface area (Å²) in [6, 6.07) is 13.5. The molecule has 0 aromatic heterocycles. The van der Waals surface area contributed by atoms with E-state index < -0.39 is 0 Å². The van der Waals surface area contributed by atoms with Crippen LogP contribution in [0.5, 0.6) is 0 Å². The fourth-order valence-corrected chi connectivity index (χ4v) is 4.01. The zero-order valence-corrected chi connectivity index (χ0v) is 15.8. The molecule has 130 valence electrons. The van der Waals surface area contributed by atoms with Crippen LogP contribution in [0, 0.1) is 6.92 Å².